The molecule has 19 heavy (non-hydrogen) atoms. The van der Waals surface area contributed by atoms with E-state index in [0.717, 1.165) is 11.1 Å². The highest BCUT2D eigenvalue weighted by Gasteiger charge is 2.08. The van der Waals surface area contributed by atoms with Crippen LogP contribution in [-0.2, 0) is 0 Å². The van der Waals surface area contributed by atoms with Gasteiger partial charge in [-0.2, -0.15) is 0 Å². The zero-order valence-electron chi connectivity index (χ0n) is 10.0. The van der Waals surface area contributed by atoms with Gasteiger partial charge in [-0.25, -0.2) is 4.98 Å². The SMILES string of the molecule is Nc1ccc2c(Cl)ccc(Oc3ccccc3)c2n1. The third-order valence-electron chi connectivity index (χ3n) is 2.76. The summed E-state index contributed by atoms with van der Waals surface area (Å²) in [6, 6.07) is 16.7. The van der Waals surface area contributed by atoms with E-state index in [1.165, 1.54) is 0 Å². The van der Waals surface area contributed by atoms with Gasteiger partial charge in [-0.3, -0.25) is 0 Å². The largest absolute Gasteiger partial charge is 0.455 e. The first-order valence-electron chi connectivity index (χ1n) is 5.82. The quantitative estimate of drug-likeness (QED) is 0.757. The van der Waals surface area contributed by atoms with Crippen molar-refractivity contribution >= 4 is 28.3 Å². The second kappa shape index (κ2) is 4.78. The molecule has 0 aliphatic heterocycles. The Morgan fingerprint density at radius 3 is 2.53 bits per heavy atom. The molecule has 0 atom stereocenters. The lowest BCUT2D eigenvalue weighted by molar-refractivity contribution is 0.487. The van der Waals surface area contributed by atoms with Crippen molar-refractivity contribution in [3.8, 4) is 11.5 Å². The molecule has 3 rings (SSSR count). The highest BCUT2D eigenvalue weighted by atomic mass is 35.5. The van der Waals surface area contributed by atoms with Gasteiger partial charge in [0.15, 0.2) is 5.75 Å². The van der Waals surface area contributed by atoms with E-state index in [1.807, 2.05) is 36.4 Å². The standard InChI is InChI=1S/C15H11ClN2O/c16-12-7-8-13(19-10-4-2-1-3-5-10)15-11(12)6-9-14(17)18-15/h1-9H,(H2,17,18). The number of nitrogens with zero attached hydrogens (tertiary/aromatic N) is 1. The summed E-state index contributed by atoms with van der Waals surface area (Å²) < 4.78 is 5.82. The topological polar surface area (TPSA) is 48.1 Å². The number of fused-ring (bicyclic) bond motifs is 1. The smallest absolute Gasteiger partial charge is 0.153 e. The maximum Gasteiger partial charge on any atom is 0.153 e. The number of rotatable bonds is 2. The van der Waals surface area contributed by atoms with Crippen LogP contribution < -0.4 is 10.5 Å². The summed E-state index contributed by atoms with van der Waals surface area (Å²) in [4.78, 5) is 4.30. The minimum absolute atomic E-state index is 0.438. The summed E-state index contributed by atoms with van der Waals surface area (Å²) in [6.45, 7) is 0. The maximum absolute atomic E-state index is 6.15. The van der Waals surface area contributed by atoms with Gasteiger partial charge in [0.25, 0.3) is 0 Å². The fraction of sp³-hybridized carbons (Fsp3) is 0. The number of nitrogen functional groups attached to an aromatic ring is 1. The van der Waals surface area contributed by atoms with Gasteiger partial charge >= 0.3 is 0 Å². The maximum atomic E-state index is 6.15. The van der Waals surface area contributed by atoms with E-state index in [1.54, 1.807) is 18.2 Å². The molecule has 3 nitrogen and oxygen atoms in total. The van der Waals surface area contributed by atoms with E-state index in [9.17, 15) is 0 Å². The van der Waals surface area contributed by atoms with Crippen molar-refractivity contribution in [1.82, 2.24) is 4.98 Å². The van der Waals surface area contributed by atoms with Gasteiger partial charge in [-0.15, -0.1) is 0 Å². The van der Waals surface area contributed by atoms with Crippen LogP contribution in [0.4, 0.5) is 5.82 Å². The van der Waals surface area contributed by atoms with Crippen LogP contribution >= 0.6 is 11.6 Å². The number of hydrogen-bond acceptors (Lipinski definition) is 3. The molecule has 1 aromatic heterocycles. The molecule has 0 radical (unpaired) electrons. The molecule has 0 fully saturated rings. The Hall–Kier alpha value is -2.26. The summed E-state index contributed by atoms with van der Waals surface area (Å²) in [5.74, 6) is 1.82. The van der Waals surface area contributed by atoms with Crippen molar-refractivity contribution in [3.63, 3.8) is 0 Å². The van der Waals surface area contributed by atoms with Crippen molar-refractivity contribution < 1.29 is 4.74 Å². The van der Waals surface area contributed by atoms with Crippen molar-refractivity contribution in [2.75, 3.05) is 5.73 Å². The second-order valence-corrected chi connectivity index (χ2v) is 4.50. The van der Waals surface area contributed by atoms with Crippen LogP contribution in [0.15, 0.2) is 54.6 Å². The van der Waals surface area contributed by atoms with Crippen LogP contribution in [0, 0.1) is 0 Å². The normalized spacial score (nSPS) is 10.6. The van der Waals surface area contributed by atoms with Crippen LogP contribution in [0.5, 0.6) is 11.5 Å². The van der Waals surface area contributed by atoms with Crippen LogP contribution in [0.25, 0.3) is 10.9 Å². The third-order valence-corrected chi connectivity index (χ3v) is 3.09. The molecule has 94 valence electrons. The van der Waals surface area contributed by atoms with Crippen molar-refractivity contribution in [2.45, 2.75) is 0 Å². The summed E-state index contributed by atoms with van der Waals surface area (Å²) in [5.41, 5.74) is 6.39. The minimum atomic E-state index is 0.438. The van der Waals surface area contributed by atoms with E-state index >= 15 is 0 Å². The predicted molar refractivity (Wildman–Crippen MR) is 77.7 cm³/mol. The molecular formula is C15H11ClN2O. The molecule has 4 heteroatoms. The highest BCUT2D eigenvalue weighted by molar-refractivity contribution is 6.35. The number of hydrogen-bond donors (Lipinski definition) is 1. The van der Waals surface area contributed by atoms with Crippen LogP contribution in [0.2, 0.25) is 5.02 Å². The molecule has 0 amide bonds. The van der Waals surface area contributed by atoms with Gasteiger partial charge in [0.2, 0.25) is 0 Å². The number of nitrogens with two attached hydrogens (primary N) is 1. The molecule has 0 spiro atoms. The van der Waals surface area contributed by atoms with Crippen molar-refractivity contribution in [3.05, 3.63) is 59.6 Å². The summed E-state index contributed by atoms with van der Waals surface area (Å²) in [7, 11) is 0. The number of benzene rings is 2. The number of anilines is 1. The van der Waals surface area contributed by atoms with Crippen LogP contribution in [-0.4, -0.2) is 4.98 Å². The summed E-state index contributed by atoms with van der Waals surface area (Å²) >= 11 is 6.15. The number of pyridine rings is 1. The average molecular weight is 271 g/mol. The second-order valence-electron chi connectivity index (χ2n) is 4.09. The van der Waals surface area contributed by atoms with Gasteiger partial charge in [-0.05, 0) is 36.4 Å². The first kappa shape index (κ1) is 11.8. The summed E-state index contributed by atoms with van der Waals surface area (Å²) in [6.07, 6.45) is 0. The zero-order valence-corrected chi connectivity index (χ0v) is 10.8. The van der Waals surface area contributed by atoms with Gasteiger partial charge in [0, 0.05) is 5.39 Å². The molecule has 0 unspecified atom stereocenters. The number of ether oxygens (including phenoxy) is 1. The number of aromatic nitrogens is 1. The van der Waals surface area contributed by atoms with Crippen molar-refractivity contribution in [1.29, 1.82) is 0 Å². The fourth-order valence-electron chi connectivity index (χ4n) is 1.87. The van der Waals surface area contributed by atoms with E-state index in [0.29, 0.717) is 22.1 Å². The Balaban J connectivity index is 2.13. The van der Waals surface area contributed by atoms with E-state index in [-0.39, 0.29) is 0 Å². The molecular weight excluding hydrogens is 260 g/mol. The molecule has 3 aromatic rings. The van der Waals surface area contributed by atoms with Gasteiger partial charge < -0.3 is 10.5 Å². The minimum Gasteiger partial charge on any atom is -0.455 e. The fourth-order valence-corrected chi connectivity index (χ4v) is 2.09. The third kappa shape index (κ3) is 2.33. The predicted octanol–water partition coefficient (Wildman–Crippen LogP) is 4.26. The highest BCUT2D eigenvalue weighted by Crippen LogP contribution is 2.33. The number of halogens is 1. The molecule has 0 saturated heterocycles. The Morgan fingerprint density at radius 2 is 1.74 bits per heavy atom. The van der Waals surface area contributed by atoms with Crippen molar-refractivity contribution in [2.24, 2.45) is 0 Å². The van der Waals surface area contributed by atoms with E-state index in [2.05, 4.69) is 4.98 Å². The molecule has 0 bridgehead atoms. The molecule has 0 aliphatic carbocycles. The Labute approximate surface area is 115 Å². The monoisotopic (exact) mass is 270 g/mol. The van der Waals surface area contributed by atoms with Gasteiger partial charge in [-0.1, -0.05) is 29.8 Å². The lowest BCUT2D eigenvalue weighted by Crippen LogP contribution is -1.93. The van der Waals surface area contributed by atoms with E-state index in [4.69, 9.17) is 22.1 Å². The summed E-state index contributed by atoms with van der Waals surface area (Å²) in [5, 5.41) is 1.45. The first-order valence-corrected chi connectivity index (χ1v) is 6.19. The molecule has 2 N–H and O–H groups in total. The Kier molecular flexibility index (Phi) is 2.97. The zero-order chi connectivity index (χ0) is 13.2. The molecule has 2 aromatic carbocycles. The Morgan fingerprint density at radius 1 is 0.947 bits per heavy atom. The molecule has 1 heterocycles. The van der Waals surface area contributed by atoms with Crippen LogP contribution in [0.1, 0.15) is 0 Å². The van der Waals surface area contributed by atoms with Gasteiger partial charge in [0.1, 0.15) is 17.1 Å². The Bertz CT molecular complexity index is 729. The number of para-hydroxylation sites is 1. The first-order chi connectivity index (χ1) is 9.24. The average Bonchev–Trinajstić information content (AvgIpc) is 2.43. The lowest BCUT2D eigenvalue weighted by atomic mass is 10.2. The van der Waals surface area contributed by atoms with Gasteiger partial charge in [0.05, 0.1) is 5.02 Å². The van der Waals surface area contributed by atoms with Crippen LogP contribution in [0.3, 0.4) is 0 Å². The molecule has 0 aliphatic rings. The van der Waals surface area contributed by atoms with E-state index < -0.39 is 0 Å². The lowest BCUT2D eigenvalue weighted by Gasteiger charge is -2.09. The molecule has 0 saturated carbocycles.